The van der Waals surface area contributed by atoms with E-state index in [-0.39, 0.29) is 36.4 Å². The maximum atomic E-state index is 12.8. The number of hydrogen-bond acceptors (Lipinski definition) is 6. The number of likely N-dealkylation sites (N-methyl/N-ethyl adjacent to an activating group) is 1. The summed E-state index contributed by atoms with van der Waals surface area (Å²) < 4.78 is 26.4. The van der Waals surface area contributed by atoms with Crippen molar-refractivity contribution in [1.29, 1.82) is 0 Å². The number of rotatable bonds is 10. The van der Waals surface area contributed by atoms with Crippen LogP contribution >= 0.6 is 0 Å². The molecule has 0 saturated heterocycles. The largest absolute Gasteiger partial charge is 0.398 e. The Hall–Kier alpha value is -2.91. The fourth-order valence-corrected chi connectivity index (χ4v) is 5.14. The summed E-state index contributed by atoms with van der Waals surface area (Å²) in [5.41, 5.74) is 10.6. The van der Waals surface area contributed by atoms with Gasteiger partial charge in [0.25, 0.3) is 5.91 Å². The Kier molecular flexibility index (Phi) is 6.95. The first kappa shape index (κ1) is 24.2. The summed E-state index contributed by atoms with van der Waals surface area (Å²) >= 11 is 0. The Balaban J connectivity index is 1.79. The van der Waals surface area contributed by atoms with Gasteiger partial charge < -0.3 is 16.2 Å². The van der Waals surface area contributed by atoms with Crippen molar-refractivity contribution < 1.29 is 18.3 Å². The third-order valence-corrected chi connectivity index (χ3v) is 7.46. The van der Waals surface area contributed by atoms with Gasteiger partial charge in [0.05, 0.1) is 17.6 Å². The molecule has 4 rings (SSSR count). The average molecular weight is 485 g/mol. The highest BCUT2D eigenvalue weighted by Crippen LogP contribution is 2.46. The minimum Gasteiger partial charge on any atom is -0.398 e. The monoisotopic (exact) mass is 484 g/mol. The number of carbonyl (C=O) groups excluding carboxylic acids is 1. The standard InChI is InChI=1S/C25H32N4O4S/c1-27-25(31)24(28-19-10-8-17(9-11-19)16-4-5-16)21-14-20(18-6-7-18)23(15-22(21)26)29(12-3-13-30)34(2,32)33/h8-11,14-16,18,30H,3-7,12-13,26H2,1-2H3,(H,27,31). The summed E-state index contributed by atoms with van der Waals surface area (Å²) in [4.78, 5) is 17.5. The number of aliphatic hydroxyl groups excluding tert-OH is 1. The molecule has 34 heavy (non-hydrogen) atoms. The number of benzene rings is 2. The van der Waals surface area contributed by atoms with Crippen LogP contribution in [-0.2, 0) is 14.8 Å². The summed E-state index contributed by atoms with van der Waals surface area (Å²) in [5, 5.41) is 11.9. The highest BCUT2D eigenvalue weighted by molar-refractivity contribution is 7.92. The smallest absolute Gasteiger partial charge is 0.270 e. The van der Waals surface area contributed by atoms with E-state index in [1.807, 2.05) is 30.3 Å². The Labute approximate surface area is 200 Å². The second kappa shape index (κ2) is 9.76. The van der Waals surface area contributed by atoms with Crippen LogP contribution in [0.3, 0.4) is 0 Å². The minimum atomic E-state index is -3.59. The van der Waals surface area contributed by atoms with E-state index in [9.17, 15) is 18.3 Å². The molecule has 2 aromatic rings. The number of nitrogens with two attached hydrogens (primary N) is 1. The first-order valence-corrected chi connectivity index (χ1v) is 13.5. The van der Waals surface area contributed by atoms with Crippen LogP contribution in [0.15, 0.2) is 41.4 Å². The number of carbonyl (C=O) groups is 1. The van der Waals surface area contributed by atoms with Gasteiger partial charge in [-0.05, 0) is 79.3 Å². The van der Waals surface area contributed by atoms with Crippen LogP contribution < -0.4 is 15.4 Å². The molecule has 0 bridgehead atoms. The second-order valence-electron chi connectivity index (χ2n) is 9.09. The molecule has 0 radical (unpaired) electrons. The lowest BCUT2D eigenvalue weighted by Gasteiger charge is -2.26. The van der Waals surface area contributed by atoms with Gasteiger partial charge in [0.15, 0.2) is 0 Å². The van der Waals surface area contributed by atoms with Crippen molar-refractivity contribution >= 4 is 38.7 Å². The van der Waals surface area contributed by atoms with Gasteiger partial charge in [-0.15, -0.1) is 0 Å². The molecule has 2 aliphatic rings. The van der Waals surface area contributed by atoms with Crippen LogP contribution in [0.1, 0.15) is 60.6 Å². The van der Waals surface area contributed by atoms with Gasteiger partial charge in [-0.3, -0.25) is 9.10 Å². The highest BCUT2D eigenvalue weighted by Gasteiger charge is 2.32. The highest BCUT2D eigenvalue weighted by atomic mass is 32.2. The fraction of sp³-hybridized carbons (Fsp3) is 0.440. The van der Waals surface area contributed by atoms with E-state index in [2.05, 4.69) is 10.3 Å². The molecule has 0 unspecified atom stereocenters. The molecular formula is C25H32N4O4S. The predicted octanol–water partition coefficient (Wildman–Crippen LogP) is 3.04. The molecule has 0 atom stereocenters. The number of anilines is 2. The van der Waals surface area contributed by atoms with Gasteiger partial charge >= 0.3 is 0 Å². The van der Waals surface area contributed by atoms with Crippen molar-refractivity contribution in [3.63, 3.8) is 0 Å². The third-order valence-electron chi connectivity index (χ3n) is 6.28. The first-order valence-electron chi connectivity index (χ1n) is 11.7. The summed E-state index contributed by atoms with van der Waals surface area (Å²) in [6, 6.07) is 11.3. The number of aliphatic imine (C=N–C) groups is 1. The Morgan fingerprint density at radius 1 is 1.15 bits per heavy atom. The van der Waals surface area contributed by atoms with E-state index in [1.54, 1.807) is 13.1 Å². The summed E-state index contributed by atoms with van der Waals surface area (Å²) in [6.07, 6.45) is 5.74. The van der Waals surface area contributed by atoms with E-state index < -0.39 is 10.0 Å². The van der Waals surface area contributed by atoms with E-state index >= 15 is 0 Å². The van der Waals surface area contributed by atoms with E-state index in [4.69, 9.17) is 5.73 Å². The van der Waals surface area contributed by atoms with Crippen LogP contribution in [0.5, 0.6) is 0 Å². The van der Waals surface area contributed by atoms with Crippen LogP contribution in [0.4, 0.5) is 17.1 Å². The molecule has 2 fully saturated rings. The maximum absolute atomic E-state index is 12.8. The summed E-state index contributed by atoms with van der Waals surface area (Å²) in [6.45, 7) is 0.0307. The third kappa shape index (κ3) is 5.42. The molecule has 2 aliphatic carbocycles. The van der Waals surface area contributed by atoms with Crippen molar-refractivity contribution in [2.24, 2.45) is 4.99 Å². The number of nitrogens with one attached hydrogen (secondary N) is 1. The number of amides is 1. The van der Waals surface area contributed by atoms with Gasteiger partial charge in [0.2, 0.25) is 10.0 Å². The zero-order chi connectivity index (χ0) is 24.5. The zero-order valence-electron chi connectivity index (χ0n) is 19.6. The lowest BCUT2D eigenvalue weighted by Crippen LogP contribution is -2.33. The van der Waals surface area contributed by atoms with Gasteiger partial charge in [0.1, 0.15) is 5.71 Å². The maximum Gasteiger partial charge on any atom is 0.270 e. The van der Waals surface area contributed by atoms with Crippen LogP contribution in [0, 0.1) is 0 Å². The molecule has 2 saturated carbocycles. The molecule has 9 heteroatoms. The molecule has 182 valence electrons. The van der Waals surface area contributed by atoms with Crippen molar-refractivity contribution in [3.05, 3.63) is 53.1 Å². The lowest BCUT2D eigenvalue weighted by molar-refractivity contribution is -0.114. The average Bonchev–Trinajstić information content (AvgIpc) is 3.70. The number of hydrogen-bond donors (Lipinski definition) is 3. The molecular weight excluding hydrogens is 452 g/mol. The van der Waals surface area contributed by atoms with Crippen LogP contribution in [0.2, 0.25) is 0 Å². The normalized spacial score (nSPS) is 16.4. The van der Waals surface area contributed by atoms with Crippen molar-refractivity contribution in [2.45, 2.75) is 43.9 Å². The van der Waals surface area contributed by atoms with E-state index in [0.717, 1.165) is 24.7 Å². The van der Waals surface area contributed by atoms with Gasteiger partial charge in [-0.2, -0.15) is 0 Å². The Bertz CT molecular complexity index is 1200. The number of nitrogens with zero attached hydrogens (tertiary/aromatic N) is 2. The zero-order valence-corrected chi connectivity index (χ0v) is 20.4. The van der Waals surface area contributed by atoms with Crippen molar-refractivity contribution in [2.75, 3.05) is 36.5 Å². The van der Waals surface area contributed by atoms with E-state index in [0.29, 0.717) is 29.3 Å². The Morgan fingerprint density at radius 2 is 1.79 bits per heavy atom. The number of aliphatic hydroxyl groups is 1. The molecule has 4 N–H and O–H groups in total. The lowest BCUT2D eigenvalue weighted by atomic mass is 9.98. The van der Waals surface area contributed by atoms with Crippen molar-refractivity contribution in [1.82, 2.24) is 5.32 Å². The summed E-state index contributed by atoms with van der Waals surface area (Å²) in [5.74, 6) is 0.452. The number of nitrogen functional groups attached to an aromatic ring is 1. The topological polar surface area (TPSA) is 125 Å². The van der Waals surface area contributed by atoms with Crippen LogP contribution in [-0.4, -0.2) is 51.6 Å². The minimum absolute atomic E-state index is 0.120. The number of sulfonamides is 1. The molecule has 0 spiro atoms. The predicted molar refractivity (Wildman–Crippen MR) is 135 cm³/mol. The van der Waals surface area contributed by atoms with E-state index in [1.165, 1.54) is 22.7 Å². The molecule has 8 nitrogen and oxygen atoms in total. The van der Waals surface area contributed by atoms with Gasteiger partial charge in [0, 0.05) is 31.5 Å². The van der Waals surface area contributed by atoms with Crippen molar-refractivity contribution in [3.8, 4) is 0 Å². The fourth-order valence-electron chi connectivity index (χ4n) is 4.16. The SMILES string of the molecule is CNC(=O)C(=Nc1ccc(C2CC2)cc1)c1cc(C2CC2)c(N(CCCO)S(C)(=O)=O)cc1N. The molecule has 0 aliphatic heterocycles. The molecule has 1 amide bonds. The molecule has 0 aromatic heterocycles. The van der Waals surface area contributed by atoms with Gasteiger partial charge in [-0.1, -0.05) is 12.1 Å². The van der Waals surface area contributed by atoms with Crippen LogP contribution in [0.25, 0.3) is 0 Å². The molecule has 2 aromatic carbocycles. The summed E-state index contributed by atoms with van der Waals surface area (Å²) in [7, 11) is -2.04. The second-order valence-corrected chi connectivity index (χ2v) is 11.0. The first-order chi connectivity index (χ1) is 16.2. The Morgan fingerprint density at radius 3 is 2.32 bits per heavy atom. The molecule has 0 heterocycles. The quantitative estimate of drug-likeness (QED) is 0.353. The van der Waals surface area contributed by atoms with Gasteiger partial charge in [-0.25, -0.2) is 13.4 Å².